The van der Waals surface area contributed by atoms with Crippen molar-refractivity contribution < 1.29 is 13.2 Å². The van der Waals surface area contributed by atoms with E-state index in [1.54, 1.807) is 0 Å². The molecule has 0 bridgehead atoms. The number of rotatable bonds is 6. The van der Waals surface area contributed by atoms with E-state index in [0.29, 0.717) is 19.5 Å². The molecule has 2 aliphatic rings. The van der Waals surface area contributed by atoms with Crippen molar-refractivity contribution in [1.29, 1.82) is 0 Å². The third-order valence-electron chi connectivity index (χ3n) is 5.52. The Bertz CT molecular complexity index is 773. The lowest BCUT2D eigenvalue weighted by atomic mass is 9.98. The van der Waals surface area contributed by atoms with Crippen LogP contribution < -0.4 is 10.2 Å². The summed E-state index contributed by atoms with van der Waals surface area (Å²) in [4.78, 5) is 15.1. The summed E-state index contributed by atoms with van der Waals surface area (Å²) in [7, 11) is -3.25. The molecule has 3 rings (SSSR count). The highest BCUT2D eigenvalue weighted by Crippen LogP contribution is 2.27. The first-order valence-corrected chi connectivity index (χ1v) is 11.7. The maximum atomic E-state index is 12.7. The van der Waals surface area contributed by atoms with Crippen molar-refractivity contribution >= 4 is 27.3 Å². The first-order valence-electron chi connectivity index (χ1n) is 10.0. The minimum absolute atomic E-state index is 0.0836. The summed E-state index contributed by atoms with van der Waals surface area (Å²) in [5.74, 6) is -0.220. The molecule has 6 nitrogen and oxygen atoms in total. The lowest BCUT2D eigenvalue weighted by Gasteiger charge is -2.31. The van der Waals surface area contributed by atoms with Gasteiger partial charge in [0.05, 0.1) is 11.7 Å². The molecule has 1 aromatic rings. The number of nitrogens with one attached hydrogen (secondary N) is 1. The minimum atomic E-state index is -3.25. The lowest BCUT2D eigenvalue weighted by molar-refractivity contribution is -0.120. The van der Waals surface area contributed by atoms with Crippen LogP contribution >= 0.6 is 0 Å². The molecule has 7 heteroatoms. The molecule has 0 aliphatic carbocycles. The molecule has 1 aromatic carbocycles. The molecule has 1 amide bonds. The second-order valence-electron chi connectivity index (χ2n) is 7.70. The fourth-order valence-corrected chi connectivity index (χ4v) is 5.67. The molecule has 0 aromatic heterocycles. The molecule has 150 valence electrons. The van der Waals surface area contributed by atoms with Crippen LogP contribution in [0.15, 0.2) is 18.2 Å². The van der Waals surface area contributed by atoms with Gasteiger partial charge in [0, 0.05) is 37.6 Å². The summed E-state index contributed by atoms with van der Waals surface area (Å²) >= 11 is 0. The van der Waals surface area contributed by atoms with E-state index in [1.807, 2.05) is 19.1 Å². The third-order valence-corrected chi connectivity index (χ3v) is 7.56. The Kier molecular flexibility index (Phi) is 6.42. The number of hydrogen-bond donors (Lipinski definition) is 1. The van der Waals surface area contributed by atoms with Crippen LogP contribution in [-0.4, -0.2) is 50.6 Å². The number of anilines is 2. The zero-order valence-electron chi connectivity index (χ0n) is 16.4. The van der Waals surface area contributed by atoms with Crippen molar-refractivity contribution in [3.8, 4) is 0 Å². The van der Waals surface area contributed by atoms with Crippen LogP contribution in [0.2, 0.25) is 0 Å². The topological polar surface area (TPSA) is 69.7 Å². The Morgan fingerprint density at radius 2 is 1.93 bits per heavy atom. The van der Waals surface area contributed by atoms with E-state index in [2.05, 4.69) is 23.2 Å². The van der Waals surface area contributed by atoms with Gasteiger partial charge in [-0.05, 0) is 62.8 Å². The number of carbonyl (C=O) groups excluding carboxylic acids is 1. The van der Waals surface area contributed by atoms with E-state index in [9.17, 15) is 13.2 Å². The van der Waals surface area contributed by atoms with E-state index in [0.717, 1.165) is 37.2 Å². The Morgan fingerprint density at radius 1 is 1.19 bits per heavy atom. The largest absolute Gasteiger partial charge is 0.371 e. The number of sulfonamides is 1. The highest BCUT2D eigenvalue weighted by Gasteiger charge is 2.31. The van der Waals surface area contributed by atoms with Crippen LogP contribution in [0.4, 0.5) is 11.4 Å². The standard InChI is InChI=1S/C20H31N3O3S/c1-3-13-27(25,26)23-12-6-7-17(15-23)20(24)21-18-8-9-19(16(2)14-18)22-10-4-5-11-22/h8-9,14,17H,3-7,10-13,15H2,1-2H3,(H,21,24). The molecule has 0 radical (unpaired) electrons. The van der Waals surface area contributed by atoms with Gasteiger partial charge in [-0.25, -0.2) is 12.7 Å². The number of benzene rings is 1. The quantitative estimate of drug-likeness (QED) is 0.807. The molecule has 27 heavy (non-hydrogen) atoms. The van der Waals surface area contributed by atoms with Gasteiger partial charge in [0.15, 0.2) is 0 Å². The molecule has 1 N–H and O–H groups in total. The average molecular weight is 394 g/mol. The zero-order valence-corrected chi connectivity index (χ0v) is 17.2. The van der Waals surface area contributed by atoms with Crippen molar-refractivity contribution in [2.45, 2.75) is 46.0 Å². The maximum Gasteiger partial charge on any atom is 0.228 e. The van der Waals surface area contributed by atoms with Crippen LogP contribution in [-0.2, 0) is 14.8 Å². The zero-order chi connectivity index (χ0) is 19.4. The predicted octanol–water partition coefficient (Wildman–Crippen LogP) is 2.99. The van der Waals surface area contributed by atoms with E-state index in [1.165, 1.54) is 22.8 Å². The summed E-state index contributed by atoms with van der Waals surface area (Å²) in [5.41, 5.74) is 3.18. The number of carbonyl (C=O) groups is 1. The summed E-state index contributed by atoms with van der Waals surface area (Å²) in [6.45, 7) is 6.94. The number of nitrogens with zero attached hydrogens (tertiary/aromatic N) is 2. The number of amides is 1. The van der Waals surface area contributed by atoms with Crippen molar-refractivity contribution in [2.24, 2.45) is 5.92 Å². The highest BCUT2D eigenvalue weighted by molar-refractivity contribution is 7.89. The Labute approximate surface area is 163 Å². The van der Waals surface area contributed by atoms with Crippen molar-refractivity contribution in [3.63, 3.8) is 0 Å². The van der Waals surface area contributed by atoms with Gasteiger partial charge in [0.1, 0.15) is 0 Å². The van der Waals surface area contributed by atoms with Crippen LogP contribution in [0.1, 0.15) is 44.6 Å². The minimum Gasteiger partial charge on any atom is -0.371 e. The Balaban J connectivity index is 1.63. The van der Waals surface area contributed by atoms with Gasteiger partial charge in [-0.15, -0.1) is 0 Å². The average Bonchev–Trinajstić information content (AvgIpc) is 3.16. The van der Waals surface area contributed by atoms with Crippen molar-refractivity contribution in [2.75, 3.05) is 42.1 Å². The smallest absolute Gasteiger partial charge is 0.228 e. The highest BCUT2D eigenvalue weighted by atomic mass is 32.2. The van der Waals surface area contributed by atoms with Crippen LogP contribution in [0.25, 0.3) is 0 Å². The normalized spacial score (nSPS) is 21.4. The number of hydrogen-bond acceptors (Lipinski definition) is 4. The first-order chi connectivity index (χ1) is 12.9. The molecule has 1 atom stereocenters. The van der Waals surface area contributed by atoms with Crippen molar-refractivity contribution in [3.05, 3.63) is 23.8 Å². The predicted molar refractivity (Wildman–Crippen MR) is 110 cm³/mol. The molecule has 0 saturated carbocycles. The Morgan fingerprint density at radius 3 is 2.59 bits per heavy atom. The van der Waals surface area contributed by atoms with Crippen LogP contribution in [0.5, 0.6) is 0 Å². The van der Waals surface area contributed by atoms with Gasteiger partial charge in [-0.3, -0.25) is 4.79 Å². The summed E-state index contributed by atoms with van der Waals surface area (Å²) in [5, 5.41) is 3.00. The molecule has 2 heterocycles. The fraction of sp³-hybridized carbons (Fsp3) is 0.650. The Hall–Kier alpha value is -1.60. The summed E-state index contributed by atoms with van der Waals surface area (Å²) in [6.07, 6.45) is 4.52. The SMILES string of the molecule is CCCS(=O)(=O)N1CCCC(C(=O)Nc2ccc(N3CCCC3)c(C)c2)C1. The fourth-order valence-electron chi connectivity index (χ4n) is 4.09. The third kappa shape index (κ3) is 4.82. The van der Waals surface area contributed by atoms with Gasteiger partial charge >= 0.3 is 0 Å². The van der Waals surface area contributed by atoms with E-state index < -0.39 is 10.0 Å². The summed E-state index contributed by atoms with van der Waals surface area (Å²) < 4.78 is 26.1. The van der Waals surface area contributed by atoms with E-state index in [4.69, 9.17) is 0 Å². The van der Waals surface area contributed by atoms with E-state index >= 15 is 0 Å². The van der Waals surface area contributed by atoms with Crippen LogP contribution in [0.3, 0.4) is 0 Å². The molecule has 1 unspecified atom stereocenters. The van der Waals surface area contributed by atoms with Gasteiger partial charge in [-0.1, -0.05) is 6.92 Å². The molecular formula is C20H31N3O3S. The maximum absolute atomic E-state index is 12.7. The van der Waals surface area contributed by atoms with E-state index in [-0.39, 0.29) is 17.6 Å². The second kappa shape index (κ2) is 8.61. The van der Waals surface area contributed by atoms with Gasteiger partial charge < -0.3 is 10.2 Å². The molecule has 0 spiro atoms. The van der Waals surface area contributed by atoms with Gasteiger partial charge in [0.2, 0.25) is 15.9 Å². The number of piperidine rings is 1. The monoisotopic (exact) mass is 393 g/mol. The number of aryl methyl sites for hydroxylation is 1. The van der Waals surface area contributed by atoms with Gasteiger partial charge in [-0.2, -0.15) is 0 Å². The lowest BCUT2D eigenvalue weighted by Crippen LogP contribution is -2.44. The van der Waals surface area contributed by atoms with Crippen LogP contribution in [0, 0.1) is 12.8 Å². The molecule has 2 fully saturated rings. The van der Waals surface area contributed by atoms with Gasteiger partial charge in [0.25, 0.3) is 0 Å². The molecule has 2 aliphatic heterocycles. The first kappa shape index (κ1) is 20.1. The molecule has 2 saturated heterocycles. The summed E-state index contributed by atoms with van der Waals surface area (Å²) in [6, 6.07) is 6.04. The van der Waals surface area contributed by atoms with Crippen molar-refractivity contribution in [1.82, 2.24) is 4.31 Å². The molecular weight excluding hydrogens is 362 g/mol. The second-order valence-corrected chi connectivity index (χ2v) is 9.79.